The highest BCUT2D eigenvalue weighted by molar-refractivity contribution is 7.14. The van der Waals surface area contributed by atoms with E-state index < -0.39 is 0 Å². The van der Waals surface area contributed by atoms with Crippen LogP contribution < -0.4 is 10.6 Å². The molecular weight excluding hydrogens is 364 g/mol. The summed E-state index contributed by atoms with van der Waals surface area (Å²) < 4.78 is 5.30. The van der Waals surface area contributed by atoms with E-state index in [4.69, 9.17) is 4.74 Å². The van der Waals surface area contributed by atoms with E-state index in [0.29, 0.717) is 30.2 Å². The number of hydrogen-bond acceptors (Lipinski definition) is 6. The Kier molecular flexibility index (Phi) is 7.32. The van der Waals surface area contributed by atoms with Crippen molar-refractivity contribution < 1.29 is 14.3 Å². The molecule has 27 heavy (non-hydrogen) atoms. The minimum absolute atomic E-state index is 0.104. The van der Waals surface area contributed by atoms with E-state index in [1.807, 2.05) is 30.3 Å². The largest absolute Gasteiger partial charge is 0.379 e. The van der Waals surface area contributed by atoms with Gasteiger partial charge in [0.1, 0.15) is 5.69 Å². The number of thiazole rings is 1. The highest BCUT2D eigenvalue weighted by atomic mass is 32.1. The number of aryl methyl sites for hydroxylation is 1. The summed E-state index contributed by atoms with van der Waals surface area (Å²) in [6.45, 7) is 4.63. The van der Waals surface area contributed by atoms with Crippen molar-refractivity contribution in [2.45, 2.75) is 12.8 Å². The monoisotopic (exact) mass is 388 g/mol. The van der Waals surface area contributed by atoms with E-state index in [-0.39, 0.29) is 11.8 Å². The summed E-state index contributed by atoms with van der Waals surface area (Å²) in [6.07, 6.45) is 1.05. The van der Waals surface area contributed by atoms with E-state index >= 15 is 0 Å². The van der Waals surface area contributed by atoms with Crippen LogP contribution in [0, 0.1) is 0 Å². The quantitative estimate of drug-likeness (QED) is 0.720. The molecule has 0 spiro atoms. The van der Waals surface area contributed by atoms with Gasteiger partial charge in [0.25, 0.3) is 5.91 Å². The van der Waals surface area contributed by atoms with Gasteiger partial charge in [0.05, 0.1) is 13.2 Å². The van der Waals surface area contributed by atoms with Crippen LogP contribution >= 0.6 is 11.3 Å². The molecule has 2 aromatic rings. The normalized spacial score (nSPS) is 14.7. The molecule has 1 fully saturated rings. The topological polar surface area (TPSA) is 83.6 Å². The molecule has 0 atom stereocenters. The predicted molar refractivity (Wildman–Crippen MR) is 105 cm³/mol. The fourth-order valence-electron chi connectivity index (χ4n) is 2.76. The first-order chi connectivity index (χ1) is 13.2. The number of morpholine rings is 1. The van der Waals surface area contributed by atoms with Crippen LogP contribution in [0.4, 0.5) is 5.13 Å². The number of amides is 2. The van der Waals surface area contributed by atoms with Crippen LogP contribution in [0.2, 0.25) is 0 Å². The van der Waals surface area contributed by atoms with Gasteiger partial charge >= 0.3 is 0 Å². The number of rotatable bonds is 8. The Morgan fingerprint density at radius 3 is 2.74 bits per heavy atom. The number of ether oxygens (including phenoxy) is 1. The zero-order valence-corrected chi connectivity index (χ0v) is 16.0. The second-order valence-electron chi connectivity index (χ2n) is 6.28. The van der Waals surface area contributed by atoms with Crippen molar-refractivity contribution in [3.8, 4) is 0 Å². The molecule has 0 aliphatic carbocycles. The van der Waals surface area contributed by atoms with Crippen LogP contribution in [0.1, 0.15) is 22.5 Å². The highest BCUT2D eigenvalue weighted by Gasteiger charge is 2.14. The molecule has 2 amide bonds. The minimum Gasteiger partial charge on any atom is -0.379 e. The number of carbonyl (C=O) groups is 2. The average molecular weight is 388 g/mol. The van der Waals surface area contributed by atoms with Gasteiger partial charge in [0.15, 0.2) is 5.13 Å². The number of anilines is 1. The average Bonchev–Trinajstić information content (AvgIpc) is 3.16. The summed E-state index contributed by atoms with van der Waals surface area (Å²) in [4.78, 5) is 30.7. The van der Waals surface area contributed by atoms with Crippen LogP contribution in [-0.2, 0) is 16.0 Å². The Labute approximate surface area is 162 Å². The van der Waals surface area contributed by atoms with Crippen molar-refractivity contribution in [3.63, 3.8) is 0 Å². The van der Waals surface area contributed by atoms with Crippen LogP contribution in [0.15, 0.2) is 35.7 Å². The Bertz CT molecular complexity index is 744. The first kappa shape index (κ1) is 19.5. The summed E-state index contributed by atoms with van der Waals surface area (Å²) in [6, 6.07) is 9.86. The molecule has 1 aliphatic heterocycles. The number of benzene rings is 1. The molecule has 1 aliphatic rings. The van der Waals surface area contributed by atoms with Gasteiger partial charge in [-0.3, -0.25) is 14.5 Å². The second kappa shape index (κ2) is 10.1. The van der Waals surface area contributed by atoms with Gasteiger partial charge in [-0.1, -0.05) is 30.3 Å². The third-order valence-electron chi connectivity index (χ3n) is 4.28. The third-order valence-corrected chi connectivity index (χ3v) is 5.04. The molecule has 0 unspecified atom stereocenters. The van der Waals surface area contributed by atoms with E-state index in [9.17, 15) is 9.59 Å². The molecule has 1 aromatic heterocycles. The SMILES string of the molecule is O=C(CCc1ccccc1)Nc1nc(C(=O)NCCN2CCOCC2)cs1. The molecule has 0 saturated carbocycles. The van der Waals surface area contributed by atoms with Crippen molar-refractivity contribution in [3.05, 3.63) is 47.0 Å². The smallest absolute Gasteiger partial charge is 0.270 e. The summed E-state index contributed by atoms with van der Waals surface area (Å²) >= 11 is 1.26. The number of aromatic nitrogens is 1. The van der Waals surface area contributed by atoms with Crippen molar-refractivity contribution in [2.24, 2.45) is 0 Å². The van der Waals surface area contributed by atoms with Crippen LogP contribution in [0.5, 0.6) is 0 Å². The van der Waals surface area contributed by atoms with E-state index in [2.05, 4.69) is 20.5 Å². The maximum absolute atomic E-state index is 12.2. The van der Waals surface area contributed by atoms with Crippen LogP contribution in [0.25, 0.3) is 0 Å². The lowest BCUT2D eigenvalue weighted by Crippen LogP contribution is -2.41. The van der Waals surface area contributed by atoms with Crippen molar-refractivity contribution in [1.29, 1.82) is 0 Å². The Balaban J connectivity index is 1.39. The molecule has 1 aromatic carbocycles. The van der Waals surface area contributed by atoms with Gasteiger partial charge in [-0.25, -0.2) is 4.98 Å². The molecule has 2 heterocycles. The maximum Gasteiger partial charge on any atom is 0.270 e. The van der Waals surface area contributed by atoms with Gasteiger partial charge in [-0.2, -0.15) is 0 Å². The number of hydrogen-bond donors (Lipinski definition) is 2. The molecule has 0 radical (unpaired) electrons. The summed E-state index contributed by atoms with van der Waals surface area (Å²) in [5.41, 5.74) is 1.45. The molecular formula is C19H24N4O3S. The minimum atomic E-state index is -0.218. The summed E-state index contributed by atoms with van der Waals surface area (Å²) in [7, 11) is 0. The second-order valence-corrected chi connectivity index (χ2v) is 7.14. The number of carbonyl (C=O) groups excluding carboxylic acids is 2. The Morgan fingerprint density at radius 1 is 1.19 bits per heavy atom. The Hall–Kier alpha value is -2.29. The van der Waals surface area contributed by atoms with Gasteiger partial charge in [-0.05, 0) is 12.0 Å². The number of nitrogens with zero attached hydrogens (tertiary/aromatic N) is 2. The van der Waals surface area contributed by atoms with E-state index in [1.165, 1.54) is 11.3 Å². The van der Waals surface area contributed by atoms with Crippen LogP contribution in [-0.4, -0.2) is 61.1 Å². The van der Waals surface area contributed by atoms with Crippen molar-refractivity contribution >= 4 is 28.3 Å². The molecule has 3 rings (SSSR count). The lowest BCUT2D eigenvalue weighted by atomic mass is 10.1. The molecule has 144 valence electrons. The molecule has 0 bridgehead atoms. The zero-order valence-electron chi connectivity index (χ0n) is 15.1. The van der Waals surface area contributed by atoms with Crippen molar-refractivity contribution in [1.82, 2.24) is 15.2 Å². The van der Waals surface area contributed by atoms with Gasteiger partial charge in [0, 0.05) is 38.0 Å². The van der Waals surface area contributed by atoms with E-state index in [1.54, 1.807) is 5.38 Å². The molecule has 7 nitrogen and oxygen atoms in total. The lowest BCUT2D eigenvalue weighted by molar-refractivity contribution is -0.116. The molecule has 1 saturated heterocycles. The fraction of sp³-hybridized carbons (Fsp3) is 0.421. The fourth-order valence-corrected chi connectivity index (χ4v) is 3.47. The van der Waals surface area contributed by atoms with Gasteiger partial charge in [0.2, 0.25) is 5.91 Å². The van der Waals surface area contributed by atoms with Gasteiger partial charge < -0.3 is 15.4 Å². The van der Waals surface area contributed by atoms with Crippen molar-refractivity contribution in [2.75, 3.05) is 44.7 Å². The number of nitrogens with one attached hydrogen (secondary N) is 2. The first-order valence-electron chi connectivity index (χ1n) is 9.08. The summed E-state index contributed by atoms with van der Waals surface area (Å²) in [5.74, 6) is -0.322. The maximum atomic E-state index is 12.2. The first-order valence-corrected chi connectivity index (χ1v) is 9.96. The summed E-state index contributed by atoms with van der Waals surface area (Å²) in [5, 5.41) is 7.75. The Morgan fingerprint density at radius 2 is 1.96 bits per heavy atom. The molecule has 8 heteroatoms. The molecule has 2 N–H and O–H groups in total. The lowest BCUT2D eigenvalue weighted by Gasteiger charge is -2.26. The zero-order chi connectivity index (χ0) is 18.9. The van der Waals surface area contributed by atoms with E-state index in [0.717, 1.165) is 38.4 Å². The van der Waals surface area contributed by atoms with Gasteiger partial charge in [-0.15, -0.1) is 11.3 Å². The third kappa shape index (κ3) is 6.42. The predicted octanol–water partition coefficient (Wildman–Crippen LogP) is 1.78. The highest BCUT2D eigenvalue weighted by Crippen LogP contribution is 2.16. The van der Waals surface area contributed by atoms with Crippen LogP contribution in [0.3, 0.4) is 0 Å². The standard InChI is InChI=1S/C19H24N4O3S/c24-17(7-6-15-4-2-1-3-5-15)22-19-21-16(14-27-19)18(25)20-8-9-23-10-12-26-13-11-23/h1-5,14H,6-13H2,(H,20,25)(H,21,22,24).